The van der Waals surface area contributed by atoms with Gasteiger partial charge in [0.25, 0.3) is 0 Å². The highest BCUT2D eigenvalue weighted by Crippen LogP contribution is 2.48. The van der Waals surface area contributed by atoms with E-state index in [1.165, 1.54) is 0 Å². The molecule has 14 heteroatoms. The van der Waals surface area contributed by atoms with Gasteiger partial charge in [-0.1, -0.05) is 0 Å². The lowest BCUT2D eigenvalue weighted by molar-refractivity contribution is -0.440. The molecule has 0 saturated carbocycles. The van der Waals surface area contributed by atoms with Crippen LogP contribution in [0.1, 0.15) is 0 Å². The molecule has 0 spiro atoms. The van der Waals surface area contributed by atoms with E-state index >= 15 is 0 Å². The Labute approximate surface area is 102 Å². The van der Waals surface area contributed by atoms with Gasteiger partial charge in [-0.25, -0.2) is 4.74 Å². The molecule has 0 radical (unpaired) electrons. The van der Waals surface area contributed by atoms with Crippen LogP contribution in [-0.4, -0.2) is 35.3 Å². The number of halogens is 9. The fourth-order valence-corrected chi connectivity index (χ4v) is 0.851. The van der Waals surface area contributed by atoms with E-state index in [0.29, 0.717) is 0 Å². The first-order valence-electron chi connectivity index (χ1n) is 3.33. The molecule has 0 aromatic carbocycles. The summed E-state index contributed by atoms with van der Waals surface area (Å²) in [5, 5.41) is -6.55. The van der Waals surface area contributed by atoms with Crippen LogP contribution in [0.4, 0.5) is 35.1 Å². The highest BCUT2D eigenvalue weighted by molar-refractivity contribution is 9.10. The Kier molecular flexibility index (Phi) is 4.36. The van der Waals surface area contributed by atoms with E-state index in [4.69, 9.17) is 4.55 Å². The summed E-state index contributed by atoms with van der Waals surface area (Å²) in [6.07, 6.45) is -12.8. The third kappa shape index (κ3) is 3.21. The van der Waals surface area contributed by atoms with E-state index in [9.17, 15) is 43.5 Å². The average molecular weight is 377 g/mol. The molecule has 0 saturated heterocycles. The Bertz CT molecular complexity index is 413. The first kappa shape index (κ1) is 17.8. The summed E-state index contributed by atoms with van der Waals surface area (Å²) in [6.45, 7) is 0. The van der Waals surface area contributed by atoms with Gasteiger partial charge in [0.2, 0.25) is 0 Å². The quantitative estimate of drug-likeness (QED) is 0.455. The van der Waals surface area contributed by atoms with Gasteiger partial charge in [-0.3, -0.25) is 4.55 Å². The second kappa shape index (κ2) is 4.42. The van der Waals surface area contributed by atoms with E-state index in [1.807, 2.05) is 4.74 Å². The number of ether oxygens (including phenoxy) is 1. The van der Waals surface area contributed by atoms with Crippen LogP contribution in [0.15, 0.2) is 0 Å². The molecule has 0 heterocycles. The number of rotatable bonds is 5. The first-order valence-corrected chi connectivity index (χ1v) is 5.56. The maximum Gasteiger partial charge on any atom is 0.460 e. The smallest absolute Gasteiger partial charge is 0.281 e. The van der Waals surface area contributed by atoms with Crippen molar-refractivity contribution >= 4 is 26.0 Å². The number of alkyl halides is 9. The van der Waals surface area contributed by atoms with Gasteiger partial charge in [0.15, 0.2) is 0 Å². The zero-order chi connectivity index (χ0) is 15.2. The fraction of sp³-hybridized carbons (Fsp3) is 1.00. The molecular formula is C4HBrF8O4S. The Hall–Kier alpha value is -0.210. The Morgan fingerprint density at radius 1 is 0.889 bits per heavy atom. The molecule has 0 aromatic heterocycles. The number of hydrogen-bond donors (Lipinski definition) is 1. The van der Waals surface area contributed by atoms with E-state index in [0.717, 1.165) is 15.9 Å². The molecule has 0 atom stereocenters. The summed E-state index contributed by atoms with van der Waals surface area (Å²) in [4.78, 5) is -5.49. The van der Waals surface area contributed by atoms with Gasteiger partial charge in [0, 0.05) is 15.9 Å². The number of hydrogen-bond acceptors (Lipinski definition) is 3. The van der Waals surface area contributed by atoms with Gasteiger partial charge < -0.3 is 0 Å². The monoisotopic (exact) mass is 376 g/mol. The molecule has 0 aliphatic rings. The van der Waals surface area contributed by atoms with Gasteiger partial charge in [-0.05, 0) is 0 Å². The molecule has 0 unspecified atom stereocenters. The molecule has 1 N–H and O–H groups in total. The van der Waals surface area contributed by atoms with Crippen LogP contribution in [0, 0.1) is 0 Å². The standard InChI is InChI=1S/C4HBrF8O4S/c5-1(6,7)2(8,9)17-3(10,11)4(12,13)18(14,15)16/h(H,14,15,16). The lowest BCUT2D eigenvalue weighted by atomic mass is 10.6. The molecule has 0 aromatic rings. The molecule has 110 valence electrons. The minimum Gasteiger partial charge on any atom is -0.281 e. The molecule has 0 bridgehead atoms. The maximum atomic E-state index is 12.4. The first-order chi connectivity index (χ1) is 7.46. The normalized spacial score (nSPS) is 15.9. The molecule has 0 amide bonds. The van der Waals surface area contributed by atoms with E-state index in [2.05, 4.69) is 0 Å². The van der Waals surface area contributed by atoms with Crippen molar-refractivity contribution in [1.29, 1.82) is 0 Å². The van der Waals surface area contributed by atoms with Gasteiger partial charge in [0.05, 0.1) is 0 Å². The van der Waals surface area contributed by atoms with Gasteiger partial charge in [0.1, 0.15) is 0 Å². The minimum absolute atomic E-state index is 0.871. The van der Waals surface area contributed by atoms with E-state index < -0.39 is 32.4 Å². The van der Waals surface area contributed by atoms with Crippen LogP contribution >= 0.6 is 15.9 Å². The Morgan fingerprint density at radius 3 is 1.44 bits per heavy atom. The highest BCUT2D eigenvalue weighted by atomic mass is 79.9. The van der Waals surface area contributed by atoms with Crippen molar-refractivity contribution in [3.05, 3.63) is 0 Å². The summed E-state index contributed by atoms with van der Waals surface area (Å²) in [7, 11) is -6.88. The zero-order valence-electron chi connectivity index (χ0n) is 7.48. The van der Waals surface area contributed by atoms with Crippen LogP contribution < -0.4 is 0 Å². The van der Waals surface area contributed by atoms with E-state index in [1.54, 1.807) is 0 Å². The summed E-state index contributed by atoms with van der Waals surface area (Å²) in [5.41, 5.74) is 0. The van der Waals surface area contributed by atoms with Crippen molar-refractivity contribution in [3.8, 4) is 0 Å². The van der Waals surface area contributed by atoms with Crippen LogP contribution in [0.3, 0.4) is 0 Å². The lowest BCUT2D eigenvalue weighted by Crippen LogP contribution is -2.54. The SMILES string of the molecule is O=S(=O)(O)C(F)(F)C(F)(F)OC(F)(F)C(F)(F)Br. The van der Waals surface area contributed by atoms with Crippen molar-refractivity contribution in [1.82, 2.24) is 0 Å². The van der Waals surface area contributed by atoms with Gasteiger partial charge >= 0.3 is 32.4 Å². The molecule has 4 nitrogen and oxygen atoms in total. The van der Waals surface area contributed by atoms with Crippen molar-refractivity contribution in [2.45, 2.75) is 22.3 Å². The Morgan fingerprint density at radius 2 is 1.22 bits per heavy atom. The summed E-state index contributed by atoms with van der Waals surface area (Å²) < 4.78 is 127. The average Bonchev–Trinajstić information content (AvgIpc) is 1.96. The van der Waals surface area contributed by atoms with Gasteiger partial charge in [-0.15, -0.1) is 0 Å². The van der Waals surface area contributed by atoms with E-state index in [-0.39, 0.29) is 0 Å². The van der Waals surface area contributed by atoms with Crippen LogP contribution in [-0.2, 0) is 14.9 Å². The minimum atomic E-state index is -6.88. The van der Waals surface area contributed by atoms with Crippen molar-refractivity contribution in [3.63, 3.8) is 0 Å². The van der Waals surface area contributed by atoms with Crippen LogP contribution in [0.5, 0.6) is 0 Å². The summed E-state index contributed by atoms with van der Waals surface area (Å²) in [5.74, 6) is 0. The third-order valence-corrected chi connectivity index (χ3v) is 2.60. The zero-order valence-corrected chi connectivity index (χ0v) is 9.88. The molecule has 18 heavy (non-hydrogen) atoms. The second-order valence-electron chi connectivity index (χ2n) is 2.63. The topological polar surface area (TPSA) is 63.6 Å². The Balaban J connectivity index is 5.47. The van der Waals surface area contributed by atoms with Crippen LogP contribution in [0.25, 0.3) is 0 Å². The van der Waals surface area contributed by atoms with Crippen molar-refractivity contribution in [2.75, 3.05) is 0 Å². The second-order valence-corrected chi connectivity index (χ2v) is 5.08. The van der Waals surface area contributed by atoms with Gasteiger partial charge in [-0.2, -0.15) is 43.5 Å². The van der Waals surface area contributed by atoms with Crippen molar-refractivity contribution in [2.24, 2.45) is 0 Å². The maximum absolute atomic E-state index is 12.4. The summed E-state index contributed by atoms with van der Waals surface area (Å²) in [6, 6.07) is 0. The summed E-state index contributed by atoms with van der Waals surface area (Å²) >= 11 is 0.871. The predicted molar refractivity (Wildman–Crippen MR) is 41.3 cm³/mol. The molecular weight excluding hydrogens is 376 g/mol. The predicted octanol–water partition coefficient (Wildman–Crippen LogP) is 2.66. The van der Waals surface area contributed by atoms with Crippen molar-refractivity contribution < 1.29 is 52.8 Å². The van der Waals surface area contributed by atoms with Crippen LogP contribution in [0.2, 0.25) is 0 Å². The lowest BCUT2D eigenvalue weighted by Gasteiger charge is -2.29. The molecule has 0 aliphatic carbocycles. The highest BCUT2D eigenvalue weighted by Gasteiger charge is 2.73. The third-order valence-electron chi connectivity index (χ3n) is 1.25. The molecule has 0 aliphatic heterocycles. The fourth-order valence-electron chi connectivity index (χ4n) is 0.428. The molecule has 0 rings (SSSR count). The largest absolute Gasteiger partial charge is 0.460 e. The molecule has 0 fully saturated rings.